The molecule has 7 atom stereocenters. The zero-order chi connectivity index (χ0) is 15.7. The summed E-state index contributed by atoms with van der Waals surface area (Å²) < 4.78 is 0. The monoisotopic (exact) mass is 312 g/mol. The lowest BCUT2D eigenvalue weighted by Crippen LogP contribution is -2.67. The molecule has 5 heterocycles. The van der Waals surface area contributed by atoms with Gasteiger partial charge in [-0.05, 0) is 37.3 Å². The Hall–Kier alpha value is -1.36. The largest absolute Gasteiger partial charge is 0.396 e. The first kappa shape index (κ1) is 14.0. The first-order valence-electron chi connectivity index (χ1n) is 8.83. The van der Waals surface area contributed by atoms with E-state index in [1.807, 2.05) is 0 Å². The van der Waals surface area contributed by atoms with Crippen LogP contribution >= 0.6 is 0 Å². The summed E-state index contributed by atoms with van der Waals surface area (Å²) in [5.74, 6) is 1.02. The number of hydrogen-bond acceptors (Lipinski definition) is 3. The number of piperidine rings is 3. The van der Waals surface area contributed by atoms with Crippen molar-refractivity contribution in [3.63, 3.8) is 0 Å². The summed E-state index contributed by atoms with van der Waals surface area (Å²) in [4.78, 5) is 6.27. The maximum atomic E-state index is 10.0. The summed E-state index contributed by atoms with van der Waals surface area (Å²) in [5.41, 5.74) is 4.07. The predicted octanol–water partition coefficient (Wildman–Crippen LogP) is 2.07. The van der Waals surface area contributed by atoms with Crippen molar-refractivity contribution in [2.24, 2.45) is 17.8 Å². The lowest BCUT2D eigenvalue weighted by atomic mass is 9.60. The van der Waals surface area contributed by atoms with Crippen molar-refractivity contribution in [3.05, 3.63) is 35.5 Å². The van der Waals surface area contributed by atoms with Crippen LogP contribution in [0.4, 0.5) is 0 Å². The molecule has 0 amide bonds. The molecule has 3 saturated heterocycles. The Bertz CT molecular complexity index is 755. The van der Waals surface area contributed by atoms with Gasteiger partial charge in [-0.2, -0.15) is 0 Å². The van der Waals surface area contributed by atoms with Crippen LogP contribution in [0.15, 0.2) is 24.3 Å². The van der Waals surface area contributed by atoms with Gasteiger partial charge in [-0.15, -0.1) is 0 Å². The second-order valence-electron chi connectivity index (χ2n) is 7.63. The van der Waals surface area contributed by atoms with Gasteiger partial charge in [0.05, 0.1) is 6.04 Å². The second-order valence-corrected chi connectivity index (χ2v) is 7.63. The Morgan fingerprint density at radius 3 is 2.74 bits per heavy atom. The van der Waals surface area contributed by atoms with E-state index >= 15 is 0 Å². The number of nitrogens with zero attached hydrogens (tertiary/aromatic N) is 1. The highest BCUT2D eigenvalue weighted by Gasteiger charge is 2.57. The van der Waals surface area contributed by atoms with Gasteiger partial charge < -0.3 is 15.2 Å². The van der Waals surface area contributed by atoms with E-state index in [1.54, 1.807) is 0 Å². The van der Waals surface area contributed by atoms with E-state index in [2.05, 4.69) is 41.1 Å². The van der Waals surface area contributed by atoms with Gasteiger partial charge in [-0.1, -0.05) is 18.2 Å². The number of hydrogen-bond donors (Lipinski definition) is 3. The highest BCUT2D eigenvalue weighted by molar-refractivity contribution is 5.85. The Morgan fingerprint density at radius 1 is 1.17 bits per heavy atom. The minimum atomic E-state index is 0.234. The molecule has 0 saturated carbocycles. The number of fused-ring (bicyclic) bond motifs is 4. The summed E-state index contributed by atoms with van der Waals surface area (Å²) >= 11 is 0. The number of aromatic amines is 1. The summed E-state index contributed by atoms with van der Waals surface area (Å²) in [7, 11) is 0. The summed E-state index contributed by atoms with van der Waals surface area (Å²) in [6.45, 7) is 2.73. The van der Waals surface area contributed by atoms with Crippen molar-refractivity contribution < 1.29 is 10.2 Å². The van der Waals surface area contributed by atoms with E-state index in [4.69, 9.17) is 0 Å². The number of aliphatic hydroxyl groups is 2. The van der Waals surface area contributed by atoms with Gasteiger partial charge >= 0.3 is 0 Å². The molecule has 23 heavy (non-hydrogen) atoms. The third-order valence-electron chi connectivity index (χ3n) is 6.94. The summed E-state index contributed by atoms with van der Waals surface area (Å²) in [6.07, 6.45) is 2.07. The molecule has 2 aromatic rings. The van der Waals surface area contributed by atoms with Crippen LogP contribution < -0.4 is 0 Å². The normalized spacial score (nSPS) is 41.3. The molecule has 3 N–H and O–H groups in total. The van der Waals surface area contributed by atoms with Crippen molar-refractivity contribution in [2.75, 3.05) is 13.2 Å². The minimum absolute atomic E-state index is 0.234. The Kier molecular flexibility index (Phi) is 2.94. The van der Waals surface area contributed by atoms with Gasteiger partial charge in [0.1, 0.15) is 0 Å². The molecule has 4 bridgehead atoms. The topological polar surface area (TPSA) is 59.5 Å². The number of rotatable bonds is 2. The summed E-state index contributed by atoms with van der Waals surface area (Å²) in [6, 6.07) is 9.79. The molecule has 1 aromatic heterocycles. The van der Waals surface area contributed by atoms with Gasteiger partial charge in [-0.3, -0.25) is 4.90 Å². The van der Waals surface area contributed by atoms with Crippen LogP contribution in [0.3, 0.4) is 0 Å². The van der Waals surface area contributed by atoms with Gasteiger partial charge in [0.2, 0.25) is 0 Å². The van der Waals surface area contributed by atoms with Crippen LogP contribution in [-0.2, 0) is 6.42 Å². The average Bonchev–Trinajstić information content (AvgIpc) is 2.94. The van der Waals surface area contributed by atoms with Crippen LogP contribution in [0.5, 0.6) is 0 Å². The third-order valence-corrected chi connectivity index (χ3v) is 6.94. The maximum absolute atomic E-state index is 10.0. The Labute approximate surface area is 136 Å². The molecule has 4 nitrogen and oxygen atoms in total. The molecule has 3 fully saturated rings. The van der Waals surface area contributed by atoms with Gasteiger partial charge in [0.15, 0.2) is 0 Å². The van der Waals surface area contributed by atoms with Crippen molar-refractivity contribution >= 4 is 10.9 Å². The van der Waals surface area contributed by atoms with E-state index in [1.165, 1.54) is 22.2 Å². The molecule has 0 aliphatic carbocycles. The van der Waals surface area contributed by atoms with Crippen LogP contribution in [0.2, 0.25) is 0 Å². The van der Waals surface area contributed by atoms with Crippen molar-refractivity contribution in [3.8, 4) is 0 Å². The molecule has 0 radical (unpaired) electrons. The number of H-pyrrole nitrogens is 1. The SMILES string of the molecule is CC1C(CO)C2C[C@@H]3c4[nH]c5ccccc5c4CC(C2CO)N13. The lowest BCUT2D eigenvalue weighted by molar-refractivity contribution is -0.154. The highest BCUT2D eigenvalue weighted by atomic mass is 16.3. The minimum Gasteiger partial charge on any atom is -0.396 e. The molecule has 6 unspecified atom stereocenters. The molecule has 122 valence electrons. The molecule has 4 aliphatic heterocycles. The van der Waals surface area contributed by atoms with Gasteiger partial charge in [-0.25, -0.2) is 0 Å². The molecular weight excluding hydrogens is 288 g/mol. The second kappa shape index (κ2) is 4.82. The van der Waals surface area contributed by atoms with E-state index in [9.17, 15) is 10.2 Å². The number of nitrogens with one attached hydrogen (secondary N) is 1. The Morgan fingerprint density at radius 2 is 1.96 bits per heavy atom. The molecule has 4 heteroatoms. The van der Waals surface area contributed by atoms with Gasteiger partial charge in [0.25, 0.3) is 0 Å². The highest BCUT2D eigenvalue weighted by Crippen LogP contribution is 2.56. The van der Waals surface area contributed by atoms with Crippen molar-refractivity contribution in [1.29, 1.82) is 0 Å². The molecule has 6 rings (SSSR count). The summed E-state index contributed by atoms with van der Waals surface area (Å²) in [5, 5.41) is 21.2. The maximum Gasteiger partial charge on any atom is 0.0510 e. The third kappa shape index (κ3) is 1.66. The van der Waals surface area contributed by atoms with Crippen LogP contribution in [-0.4, -0.2) is 45.4 Å². The smallest absolute Gasteiger partial charge is 0.0510 e. The van der Waals surface area contributed by atoms with Crippen LogP contribution in [0.25, 0.3) is 10.9 Å². The first-order valence-corrected chi connectivity index (χ1v) is 8.83. The van der Waals surface area contributed by atoms with Crippen LogP contribution in [0.1, 0.15) is 30.6 Å². The lowest BCUT2D eigenvalue weighted by Gasteiger charge is -2.63. The van der Waals surface area contributed by atoms with Crippen LogP contribution in [0, 0.1) is 17.8 Å². The first-order chi connectivity index (χ1) is 11.2. The van der Waals surface area contributed by atoms with Crippen molar-refractivity contribution in [2.45, 2.75) is 37.9 Å². The van der Waals surface area contributed by atoms with Gasteiger partial charge in [0, 0.05) is 53.7 Å². The number of benzene rings is 1. The fraction of sp³-hybridized carbons (Fsp3) is 0.579. The standard InChI is InChI=1S/C19H24N2O2/c1-10-14(8-22)12-6-18-19-13(7-17(21(10)18)15(12)9-23)11-4-2-3-5-16(11)20-19/h2-5,10,12,14-15,17-18,20,22-23H,6-9H2,1H3/t10?,12?,14?,15?,17?,18-/m1/s1. The predicted molar refractivity (Wildman–Crippen MR) is 89.1 cm³/mol. The quantitative estimate of drug-likeness (QED) is 0.796. The number of para-hydroxylation sites is 1. The average molecular weight is 312 g/mol. The fourth-order valence-corrected chi connectivity index (χ4v) is 5.95. The zero-order valence-corrected chi connectivity index (χ0v) is 13.4. The van der Waals surface area contributed by atoms with E-state index < -0.39 is 0 Å². The number of aromatic nitrogens is 1. The molecule has 0 spiro atoms. The molecule has 4 aliphatic rings. The van der Waals surface area contributed by atoms with E-state index in [0.717, 1.165) is 12.8 Å². The molecular formula is C19H24N2O2. The van der Waals surface area contributed by atoms with Crippen molar-refractivity contribution in [1.82, 2.24) is 9.88 Å². The van der Waals surface area contributed by atoms with E-state index in [0.29, 0.717) is 35.9 Å². The molecule has 1 aromatic carbocycles. The zero-order valence-electron chi connectivity index (χ0n) is 13.4. The fourth-order valence-electron chi connectivity index (χ4n) is 5.95. The van der Waals surface area contributed by atoms with E-state index in [-0.39, 0.29) is 13.2 Å². The Balaban J connectivity index is 1.68. The number of aliphatic hydroxyl groups excluding tert-OH is 2.